The maximum absolute atomic E-state index is 13.0. The van der Waals surface area contributed by atoms with E-state index in [-0.39, 0.29) is 27.7 Å². The molecule has 8 nitrogen and oxygen atoms in total. The lowest BCUT2D eigenvalue weighted by Gasteiger charge is -2.22. The number of rotatable bonds is 2. The van der Waals surface area contributed by atoms with Crippen LogP contribution in [0.4, 0.5) is 11.5 Å². The number of nitrogens with zero attached hydrogens (tertiary/aromatic N) is 4. The Kier molecular flexibility index (Phi) is 3.59. The maximum atomic E-state index is 13.0. The van der Waals surface area contributed by atoms with Crippen LogP contribution in [0.3, 0.4) is 0 Å². The summed E-state index contributed by atoms with van der Waals surface area (Å²) in [5.41, 5.74) is 6.24. The molecule has 9 heteroatoms. The molecule has 0 atom stereocenters. The maximum Gasteiger partial charge on any atom is 0.266 e. The van der Waals surface area contributed by atoms with Gasteiger partial charge in [-0.05, 0) is 24.3 Å². The summed E-state index contributed by atoms with van der Waals surface area (Å²) in [5, 5.41) is 30.1. The molecule has 0 bridgehead atoms. The number of nitriles is 1. The molecule has 0 unspecified atom stereocenters. The number of para-hydroxylation sites is 1. The molecule has 128 valence electrons. The van der Waals surface area contributed by atoms with Gasteiger partial charge >= 0.3 is 0 Å². The second-order valence-electron chi connectivity index (χ2n) is 5.48. The van der Waals surface area contributed by atoms with Crippen molar-refractivity contribution in [1.82, 2.24) is 9.55 Å². The summed E-state index contributed by atoms with van der Waals surface area (Å²) in [7, 11) is 0. The van der Waals surface area contributed by atoms with E-state index in [1.54, 1.807) is 0 Å². The van der Waals surface area contributed by atoms with Crippen LogP contribution in [-0.4, -0.2) is 14.8 Å². The Morgan fingerprint density at radius 3 is 2.73 bits per heavy atom. The summed E-state index contributed by atoms with van der Waals surface area (Å²) in [6.45, 7) is 0. The second kappa shape index (κ2) is 5.82. The van der Waals surface area contributed by atoms with Gasteiger partial charge in [0.15, 0.2) is 5.13 Å². The zero-order chi connectivity index (χ0) is 18.4. The van der Waals surface area contributed by atoms with Crippen molar-refractivity contribution in [2.45, 2.75) is 0 Å². The van der Waals surface area contributed by atoms with Crippen LogP contribution in [0.5, 0.6) is 0 Å². The molecular formula is C17H10N5O3S-. The fourth-order valence-electron chi connectivity index (χ4n) is 2.79. The Balaban J connectivity index is 2.11. The first kappa shape index (κ1) is 16.0. The van der Waals surface area contributed by atoms with Gasteiger partial charge in [0.05, 0.1) is 21.3 Å². The normalized spacial score (nSPS) is 11.0. The standard InChI is InChI=1S/C17H10N5O3S/c18-8-12-10-6-5-9(22(24)25)7-11(10)16(23)21(15(12)19)17-20-13-3-1-2-4-14(13)26-17/h1-7,24H,19H2/q-1. The van der Waals surface area contributed by atoms with E-state index in [4.69, 9.17) is 10.9 Å². The molecule has 4 aromatic rings. The van der Waals surface area contributed by atoms with Crippen LogP contribution in [0.2, 0.25) is 0 Å². The van der Waals surface area contributed by atoms with Crippen molar-refractivity contribution in [2.75, 3.05) is 11.0 Å². The van der Waals surface area contributed by atoms with Crippen molar-refractivity contribution < 1.29 is 5.21 Å². The van der Waals surface area contributed by atoms with Gasteiger partial charge in [0.2, 0.25) is 0 Å². The predicted molar refractivity (Wildman–Crippen MR) is 99.5 cm³/mol. The van der Waals surface area contributed by atoms with Crippen molar-refractivity contribution in [3.8, 4) is 11.2 Å². The minimum atomic E-state index is -0.528. The van der Waals surface area contributed by atoms with E-state index in [9.17, 15) is 15.3 Å². The number of anilines is 2. The Labute approximate surface area is 150 Å². The molecule has 0 amide bonds. The van der Waals surface area contributed by atoms with Gasteiger partial charge in [-0.25, -0.2) is 9.55 Å². The fraction of sp³-hybridized carbons (Fsp3) is 0. The molecule has 0 fully saturated rings. The lowest BCUT2D eigenvalue weighted by Crippen LogP contribution is -2.23. The van der Waals surface area contributed by atoms with E-state index in [0.717, 1.165) is 9.27 Å². The first-order chi connectivity index (χ1) is 12.5. The molecule has 0 aliphatic carbocycles. The number of thiazole rings is 1. The molecule has 26 heavy (non-hydrogen) atoms. The third kappa shape index (κ3) is 2.29. The van der Waals surface area contributed by atoms with E-state index < -0.39 is 5.56 Å². The van der Waals surface area contributed by atoms with Gasteiger partial charge in [0.1, 0.15) is 17.5 Å². The van der Waals surface area contributed by atoms with Crippen molar-refractivity contribution in [3.05, 3.63) is 63.6 Å². The number of benzene rings is 2. The molecule has 3 N–H and O–H groups in total. The molecule has 0 saturated carbocycles. The molecule has 0 saturated heterocycles. The highest BCUT2D eigenvalue weighted by atomic mass is 32.1. The number of fused-ring (bicyclic) bond motifs is 2. The van der Waals surface area contributed by atoms with Gasteiger partial charge in [-0.15, -0.1) is 0 Å². The predicted octanol–water partition coefficient (Wildman–Crippen LogP) is 2.75. The summed E-state index contributed by atoms with van der Waals surface area (Å²) in [4.78, 5) is 17.4. The molecule has 2 aromatic carbocycles. The highest BCUT2D eigenvalue weighted by Gasteiger charge is 2.18. The molecule has 0 spiro atoms. The lowest BCUT2D eigenvalue weighted by molar-refractivity contribution is 0.296. The molecule has 2 heterocycles. The highest BCUT2D eigenvalue weighted by molar-refractivity contribution is 7.20. The third-order valence-corrected chi connectivity index (χ3v) is 5.03. The summed E-state index contributed by atoms with van der Waals surface area (Å²) < 4.78 is 2.02. The van der Waals surface area contributed by atoms with Gasteiger partial charge in [-0.1, -0.05) is 29.5 Å². The van der Waals surface area contributed by atoms with E-state index in [2.05, 4.69) is 4.98 Å². The van der Waals surface area contributed by atoms with Crippen LogP contribution in [0.15, 0.2) is 47.3 Å². The van der Waals surface area contributed by atoms with Gasteiger partial charge < -0.3 is 16.2 Å². The molecule has 0 aliphatic rings. The van der Waals surface area contributed by atoms with Crippen molar-refractivity contribution >= 4 is 43.8 Å². The number of hydrogen-bond donors (Lipinski definition) is 2. The van der Waals surface area contributed by atoms with Gasteiger partial charge in [-0.2, -0.15) is 5.26 Å². The smallest absolute Gasteiger partial charge is 0.266 e. The zero-order valence-electron chi connectivity index (χ0n) is 13.1. The molecular weight excluding hydrogens is 354 g/mol. The second-order valence-corrected chi connectivity index (χ2v) is 6.49. The lowest BCUT2D eigenvalue weighted by atomic mass is 10.1. The largest absolute Gasteiger partial charge is 0.733 e. The average Bonchev–Trinajstić information content (AvgIpc) is 3.05. The third-order valence-electron chi connectivity index (χ3n) is 4.01. The van der Waals surface area contributed by atoms with Gasteiger partial charge in [-0.3, -0.25) is 10.0 Å². The highest BCUT2D eigenvalue weighted by Crippen LogP contribution is 2.29. The Morgan fingerprint density at radius 1 is 1.27 bits per heavy atom. The van der Waals surface area contributed by atoms with Crippen LogP contribution in [-0.2, 0) is 0 Å². The number of nitrogens with two attached hydrogens (primary N) is 1. The van der Waals surface area contributed by atoms with E-state index in [1.807, 2.05) is 30.3 Å². The molecule has 2 aromatic heterocycles. The number of nitrogen functional groups attached to an aromatic ring is 1. The summed E-state index contributed by atoms with van der Waals surface area (Å²) in [5.74, 6) is -0.0280. The minimum absolute atomic E-state index is 0.0280. The molecule has 0 aliphatic heterocycles. The van der Waals surface area contributed by atoms with Gasteiger partial charge in [0, 0.05) is 5.39 Å². The van der Waals surface area contributed by atoms with Crippen molar-refractivity contribution in [2.24, 2.45) is 0 Å². The quantitative estimate of drug-likeness (QED) is 0.523. The van der Waals surface area contributed by atoms with Crippen LogP contribution in [0, 0.1) is 16.5 Å². The van der Waals surface area contributed by atoms with Crippen LogP contribution >= 0.6 is 11.3 Å². The van der Waals surface area contributed by atoms with Gasteiger partial charge in [0.25, 0.3) is 5.56 Å². The molecule has 0 radical (unpaired) electrons. The number of aromatic nitrogens is 2. The monoisotopic (exact) mass is 364 g/mol. The molecule has 4 rings (SSSR count). The number of hydrogen-bond acceptors (Lipinski definition) is 8. The number of pyridine rings is 1. The van der Waals surface area contributed by atoms with Crippen LogP contribution < -0.4 is 16.5 Å². The SMILES string of the molecule is N#Cc1c(N)n(-c2nc3ccccc3s2)c(=O)c2cc(N([O-])O)ccc12. The van der Waals surface area contributed by atoms with E-state index >= 15 is 0 Å². The average molecular weight is 364 g/mol. The van der Waals surface area contributed by atoms with E-state index in [0.29, 0.717) is 16.0 Å². The van der Waals surface area contributed by atoms with Crippen molar-refractivity contribution in [1.29, 1.82) is 5.26 Å². The zero-order valence-corrected chi connectivity index (χ0v) is 13.9. The Morgan fingerprint density at radius 2 is 2.04 bits per heavy atom. The summed E-state index contributed by atoms with van der Waals surface area (Å²) in [6, 6.07) is 13.3. The first-order valence-electron chi connectivity index (χ1n) is 7.41. The fourth-order valence-corrected chi connectivity index (χ4v) is 3.77. The van der Waals surface area contributed by atoms with Crippen LogP contribution in [0.1, 0.15) is 5.56 Å². The van der Waals surface area contributed by atoms with Crippen molar-refractivity contribution in [3.63, 3.8) is 0 Å². The minimum Gasteiger partial charge on any atom is -0.733 e. The topological polar surface area (TPSA) is 131 Å². The summed E-state index contributed by atoms with van der Waals surface area (Å²) >= 11 is 1.26. The Bertz CT molecular complexity index is 1240. The Hall–Kier alpha value is -3.45. The first-order valence-corrected chi connectivity index (χ1v) is 8.23. The van der Waals surface area contributed by atoms with Crippen LogP contribution in [0.25, 0.3) is 26.1 Å². The van der Waals surface area contributed by atoms with E-state index in [1.165, 1.54) is 29.5 Å². The summed E-state index contributed by atoms with van der Waals surface area (Å²) in [6.07, 6.45) is 0.